The summed E-state index contributed by atoms with van der Waals surface area (Å²) < 4.78 is 23.9. The van der Waals surface area contributed by atoms with E-state index in [-0.39, 0.29) is 6.04 Å². The first-order valence-electron chi connectivity index (χ1n) is 5.90. The van der Waals surface area contributed by atoms with E-state index >= 15 is 0 Å². The van der Waals surface area contributed by atoms with Crippen LogP contribution in [0.3, 0.4) is 0 Å². The molecule has 0 atom stereocenters. The van der Waals surface area contributed by atoms with Crippen molar-refractivity contribution >= 4 is 15.8 Å². The van der Waals surface area contributed by atoms with Crippen LogP contribution in [-0.4, -0.2) is 48.1 Å². The van der Waals surface area contributed by atoms with Crippen molar-refractivity contribution in [2.75, 3.05) is 24.7 Å². The van der Waals surface area contributed by atoms with E-state index in [0.29, 0.717) is 19.0 Å². The van der Waals surface area contributed by atoms with E-state index in [2.05, 4.69) is 29.1 Å². The minimum Gasteiger partial charge on any atom is -0.365 e. The number of rotatable bonds is 4. The summed E-state index contributed by atoms with van der Waals surface area (Å²) in [5.41, 5.74) is 0.979. The van der Waals surface area contributed by atoms with Crippen molar-refractivity contribution in [3.05, 3.63) is 18.1 Å². The maximum Gasteiger partial charge on any atom is 0.211 e. The van der Waals surface area contributed by atoms with Crippen LogP contribution in [-0.2, 0) is 10.0 Å². The largest absolute Gasteiger partial charge is 0.365 e. The summed E-state index contributed by atoms with van der Waals surface area (Å²) in [6, 6.07) is 2.04. The SMILES string of the molecule is CC(C)c1cc(NC2CN(S(C)(=O)=O)C2)ncn1. The molecule has 2 heterocycles. The molecule has 0 bridgehead atoms. The molecular formula is C11H18N4O2S. The van der Waals surface area contributed by atoms with Crippen LogP contribution in [0.15, 0.2) is 12.4 Å². The third kappa shape index (κ3) is 2.97. The van der Waals surface area contributed by atoms with Gasteiger partial charge in [0, 0.05) is 24.8 Å². The Morgan fingerprint density at radius 1 is 1.39 bits per heavy atom. The van der Waals surface area contributed by atoms with Crippen molar-refractivity contribution in [1.82, 2.24) is 14.3 Å². The van der Waals surface area contributed by atoms with Crippen LogP contribution in [0.4, 0.5) is 5.82 Å². The Labute approximate surface area is 107 Å². The Hall–Kier alpha value is -1.21. The first-order valence-corrected chi connectivity index (χ1v) is 7.74. The highest BCUT2D eigenvalue weighted by molar-refractivity contribution is 7.88. The Kier molecular flexibility index (Phi) is 3.54. The maximum absolute atomic E-state index is 11.2. The van der Waals surface area contributed by atoms with Gasteiger partial charge in [-0.05, 0) is 5.92 Å². The van der Waals surface area contributed by atoms with Crippen LogP contribution < -0.4 is 5.32 Å². The molecule has 1 saturated heterocycles. The second-order valence-corrected chi connectivity index (χ2v) is 6.89. The van der Waals surface area contributed by atoms with E-state index < -0.39 is 10.0 Å². The molecule has 18 heavy (non-hydrogen) atoms. The number of aromatic nitrogens is 2. The van der Waals surface area contributed by atoms with Crippen LogP contribution >= 0.6 is 0 Å². The highest BCUT2D eigenvalue weighted by Gasteiger charge is 2.33. The molecule has 6 nitrogen and oxygen atoms in total. The summed E-state index contributed by atoms with van der Waals surface area (Å²) in [4.78, 5) is 8.33. The zero-order valence-electron chi connectivity index (χ0n) is 10.8. The first-order chi connectivity index (χ1) is 8.36. The molecule has 100 valence electrons. The zero-order chi connectivity index (χ0) is 13.3. The van der Waals surface area contributed by atoms with Gasteiger partial charge >= 0.3 is 0 Å². The standard InChI is InChI=1S/C11H18N4O2S/c1-8(2)10-4-11(13-7-12-10)14-9-5-15(6-9)18(3,16)17/h4,7-9H,5-6H2,1-3H3,(H,12,13,14). The molecule has 0 unspecified atom stereocenters. The summed E-state index contributed by atoms with van der Waals surface area (Å²) in [6.45, 7) is 5.14. The highest BCUT2D eigenvalue weighted by Crippen LogP contribution is 2.18. The number of sulfonamides is 1. The molecule has 1 N–H and O–H groups in total. The molecule has 1 fully saturated rings. The van der Waals surface area contributed by atoms with Crippen molar-refractivity contribution < 1.29 is 8.42 Å². The molecule has 1 aromatic heterocycles. The van der Waals surface area contributed by atoms with Crippen molar-refractivity contribution in [2.45, 2.75) is 25.8 Å². The molecule has 0 spiro atoms. The normalized spacial score (nSPS) is 17.8. The number of nitrogens with one attached hydrogen (secondary N) is 1. The van der Waals surface area contributed by atoms with Gasteiger partial charge < -0.3 is 5.32 Å². The molecule has 2 rings (SSSR count). The number of nitrogens with zero attached hydrogens (tertiary/aromatic N) is 3. The smallest absolute Gasteiger partial charge is 0.211 e. The molecule has 0 saturated carbocycles. The van der Waals surface area contributed by atoms with Gasteiger partial charge in [0.2, 0.25) is 10.0 Å². The molecule has 0 radical (unpaired) electrons. The molecular weight excluding hydrogens is 252 g/mol. The third-order valence-electron chi connectivity index (χ3n) is 2.95. The van der Waals surface area contributed by atoms with E-state index in [4.69, 9.17) is 0 Å². The zero-order valence-corrected chi connectivity index (χ0v) is 11.6. The molecule has 0 aromatic carbocycles. The molecule has 1 aliphatic heterocycles. The number of hydrogen-bond donors (Lipinski definition) is 1. The number of hydrogen-bond acceptors (Lipinski definition) is 5. The summed E-state index contributed by atoms with van der Waals surface area (Å²) in [7, 11) is -3.05. The van der Waals surface area contributed by atoms with Crippen LogP contribution in [0.1, 0.15) is 25.5 Å². The van der Waals surface area contributed by atoms with Gasteiger partial charge in [0.05, 0.1) is 12.3 Å². The number of anilines is 1. The minimum absolute atomic E-state index is 0.134. The lowest BCUT2D eigenvalue weighted by molar-refractivity contribution is 0.282. The molecule has 7 heteroatoms. The fraction of sp³-hybridized carbons (Fsp3) is 0.636. The summed E-state index contributed by atoms with van der Waals surface area (Å²) in [6.07, 6.45) is 2.76. The topological polar surface area (TPSA) is 75.2 Å². The van der Waals surface area contributed by atoms with Crippen molar-refractivity contribution in [2.24, 2.45) is 0 Å². The van der Waals surface area contributed by atoms with Crippen molar-refractivity contribution in [1.29, 1.82) is 0 Å². The van der Waals surface area contributed by atoms with E-state index in [9.17, 15) is 8.42 Å². The van der Waals surface area contributed by atoms with Crippen molar-refractivity contribution in [3.63, 3.8) is 0 Å². The lowest BCUT2D eigenvalue weighted by Gasteiger charge is -2.37. The molecule has 0 aliphatic carbocycles. The summed E-state index contributed by atoms with van der Waals surface area (Å²) in [5.74, 6) is 1.11. The first kappa shape index (κ1) is 13.2. The quantitative estimate of drug-likeness (QED) is 0.869. The van der Waals surface area contributed by atoms with Gasteiger partial charge in [-0.2, -0.15) is 4.31 Å². The molecule has 1 aromatic rings. The Morgan fingerprint density at radius 3 is 2.61 bits per heavy atom. The van der Waals surface area contributed by atoms with E-state index in [1.54, 1.807) is 0 Å². The van der Waals surface area contributed by atoms with Crippen molar-refractivity contribution in [3.8, 4) is 0 Å². The monoisotopic (exact) mass is 270 g/mol. The van der Waals surface area contributed by atoms with Crippen LogP contribution in [0.2, 0.25) is 0 Å². The summed E-state index contributed by atoms with van der Waals surface area (Å²) in [5, 5.41) is 3.22. The molecule has 1 aliphatic rings. The predicted molar refractivity (Wildman–Crippen MR) is 69.9 cm³/mol. The lowest BCUT2D eigenvalue weighted by atomic mass is 10.1. The Morgan fingerprint density at radius 2 is 2.06 bits per heavy atom. The van der Waals surface area contributed by atoms with Gasteiger partial charge in [0.1, 0.15) is 12.1 Å². The average Bonchev–Trinajstić information content (AvgIpc) is 2.21. The second kappa shape index (κ2) is 4.81. The van der Waals surface area contributed by atoms with Crippen LogP contribution in [0.5, 0.6) is 0 Å². The fourth-order valence-electron chi connectivity index (χ4n) is 1.78. The van der Waals surface area contributed by atoms with E-state index in [1.807, 2.05) is 6.07 Å². The average molecular weight is 270 g/mol. The predicted octanol–water partition coefficient (Wildman–Crippen LogP) is 0.656. The van der Waals surface area contributed by atoms with Gasteiger partial charge in [-0.15, -0.1) is 0 Å². The van der Waals surface area contributed by atoms with Gasteiger partial charge in [-0.1, -0.05) is 13.8 Å². The third-order valence-corrected chi connectivity index (χ3v) is 4.19. The Balaban J connectivity index is 1.94. The lowest BCUT2D eigenvalue weighted by Crippen LogP contribution is -2.56. The minimum atomic E-state index is -3.05. The van der Waals surface area contributed by atoms with Gasteiger partial charge in [-0.3, -0.25) is 0 Å². The van der Waals surface area contributed by atoms with Gasteiger partial charge in [0.25, 0.3) is 0 Å². The van der Waals surface area contributed by atoms with E-state index in [0.717, 1.165) is 11.5 Å². The van der Waals surface area contributed by atoms with Gasteiger partial charge in [0.15, 0.2) is 0 Å². The maximum atomic E-state index is 11.2. The molecule has 0 amide bonds. The fourth-order valence-corrected chi connectivity index (χ4v) is 2.68. The van der Waals surface area contributed by atoms with Gasteiger partial charge in [-0.25, -0.2) is 18.4 Å². The van der Waals surface area contributed by atoms with Crippen LogP contribution in [0, 0.1) is 0 Å². The second-order valence-electron chi connectivity index (χ2n) is 4.90. The van der Waals surface area contributed by atoms with E-state index in [1.165, 1.54) is 16.9 Å². The highest BCUT2D eigenvalue weighted by atomic mass is 32.2. The van der Waals surface area contributed by atoms with Crippen LogP contribution in [0.25, 0.3) is 0 Å². The Bertz CT molecular complexity index is 524. The summed E-state index contributed by atoms with van der Waals surface area (Å²) >= 11 is 0.